The first-order valence-corrected chi connectivity index (χ1v) is 12.3. The monoisotopic (exact) mass is 509 g/mol. The van der Waals surface area contributed by atoms with E-state index in [9.17, 15) is 19.5 Å². The topological polar surface area (TPSA) is 135 Å². The molecule has 4 N–H and O–H groups in total. The molecule has 2 aromatic carbocycles. The molecule has 0 saturated carbocycles. The van der Waals surface area contributed by atoms with Crippen molar-refractivity contribution in [3.63, 3.8) is 0 Å². The number of nitrogens with two attached hydrogens (primary N) is 1. The highest BCUT2D eigenvalue weighted by Gasteiger charge is 2.51. The number of nitrogens with one attached hydrogen (secondary N) is 1. The summed E-state index contributed by atoms with van der Waals surface area (Å²) in [5.41, 5.74) is 8.36. The summed E-state index contributed by atoms with van der Waals surface area (Å²) in [7, 11) is 3.13. The standard InChI is InChI=1S/C24H27N7O4S/c1-26-24(35)28(2)30-13-20(33)31-17(10-14-6-8-16(32)9-7-14)22(34)29(12-19(30)31)11-15-4-3-5-18-21(15)27-23(25)36-18/h3-9,17,19,32H,10-13H2,1-2H3,(H2,25,27)(H,26,35)/t17-,19+/m0/s1. The second kappa shape index (κ2) is 9.28. The van der Waals surface area contributed by atoms with Crippen LogP contribution in [0.1, 0.15) is 11.1 Å². The highest BCUT2D eigenvalue weighted by atomic mass is 32.1. The third-order valence-electron chi connectivity index (χ3n) is 6.71. The van der Waals surface area contributed by atoms with Gasteiger partial charge >= 0.3 is 6.03 Å². The van der Waals surface area contributed by atoms with Gasteiger partial charge in [0.2, 0.25) is 11.8 Å². The number of carbonyl (C=O) groups excluding carboxylic acids is 3. The SMILES string of the molecule is CNC(=O)N(C)N1CC(=O)N2[C@@H](Cc3ccc(O)cc3)C(=O)N(Cc3cccc4sc(N)nc34)C[C@@H]21. The van der Waals surface area contributed by atoms with E-state index in [-0.39, 0.29) is 43.1 Å². The molecular formula is C24H27N7O4S. The Kier molecular flexibility index (Phi) is 6.14. The number of fused-ring (bicyclic) bond motifs is 2. The second-order valence-corrected chi connectivity index (χ2v) is 9.94. The maximum absolute atomic E-state index is 13.8. The number of anilines is 1. The number of nitrogens with zero attached hydrogens (tertiary/aromatic N) is 5. The minimum absolute atomic E-state index is 0.0139. The molecule has 2 aliphatic heterocycles. The molecule has 11 nitrogen and oxygen atoms in total. The highest BCUT2D eigenvalue weighted by Crippen LogP contribution is 2.32. The number of phenols is 1. The first-order chi connectivity index (χ1) is 17.3. The number of piperazine rings is 1. The molecule has 3 heterocycles. The Hall–Kier alpha value is -3.90. The maximum atomic E-state index is 13.8. The number of hydrazine groups is 1. The van der Waals surface area contributed by atoms with Crippen LogP contribution < -0.4 is 11.1 Å². The molecule has 1 aromatic heterocycles. The van der Waals surface area contributed by atoms with Crippen LogP contribution in [0.5, 0.6) is 5.75 Å². The van der Waals surface area contributed by atoms with Crippen LogP contribution in [0.25, 0.3) is 10.2 Å². The molecule has 0 unspecified atom stereocenters. The Morgan fingerprint density at radius 2 is 2.00 bits per heavy atom. The van der Waals surface area contributed by atoms with Gasteiger partial charge in [0, 0.05) is 27.1 Å². The molecule has 5 rings (SSSR count). The lowest BCUT2D eigenvalue weighted by Crippen LogP contribution is -2.65. The van der Waals surface area contributed by atoms with Crippen molar-refractivity contribution in [1.82, 2.24) is 30.1 Å². The van der Waals surface area contributed by atoms with Crippen LogP contribution in [0, 0.1) is 0 Å². The third-order valence-corrected chi connectivity index (χ3v) is 7.56. The highest BCUT2D eigenvalue weighted by molar-refractivity contribution is 7.22. The van der Waals surface area contributed by atoms with Crippen molar-refractivity contribution in [3.8, 4) is 5.75 Å². The quantitative estimate of drug-likeness (QED) is 0.470. The number of aromatic nitrogens is 1. The predicted molar refractivity (Wildman–Crippen MR) is 135 cm³/mol. The van der Waals surface area contributed by atoms with Gasteiger partial charge in [0.15, 0.2) is 5.13 Å². The van der Waals surface area contributed by atoms with Crippen LogP contribution in [0.2, 0.25) is 0 Å². The molecule has 36 heavy (non-hydrogen) atoms. The van der Waals surface area contributed by atoms with Crippen LogP contribution in [-0.2, 0) is 22.6 Å². The van der Waals surface area contributed by atoms with Crippen LogP contribution in [0.4, 0.5) is 9.93 Å². The van der Waals surface area contributed by atoms with Crippen molar-refractivity contribution in [2.24, 2.45) is 0 Å². The number of para-hydroxylation sites is 1. The molecule has 2 atom stereocenters. The summed E-state index contributed by atoms with van der Waals surface area (Å²) < 4.78 is 0.939. The Labute approximate surface area is 211 Å². The molecule has 2 saturated heterocycles. The average molecular weight is 510 g/mol. The molecule has 4 amide bonds. The van der Waals surface area contributed by atoms with E-state index in [4.69, 9.17) is 5.73 Å². The first kappa shape index (κ1) is 23.8. The number of rotatable bonds is 5. The number of benzene rings is 2. The Morgan fingerprint density at radius 3 is 2.72 bits per heavy atom. The van der Waals surface area contributed by atoms with Gasteiger partial charge < -0.3 is 26.0 Å². The van der Waals surface area contributed by atoms with E-state index in [2.05, 4.69) is 10.3 Å². The number of hydrogen-bond donors (Lipinski definition) is 3. The van der Waals surface area contributed by atoms with E-state index < -0.39 is 12.2 Å². The number of aromatic hydroxyl groups is 1. The van der Waals surface area contributed by atoms with Gasteiger partial charge in [-0.1, -0.05) is 35.6 Å². The number of urea groups is 1. The van der Waals surface area contributed by atoms with Gasteiger partial charge in [-0.2, -0.15) is 5.01 Å². The van der Waals surface area contributed by atoms with E-state index in [1.807, 2.05) is 18.2 Å². The van der Waals surface area contributed by atoms with E-state index in [0.717, 1.165) is 21.3 Å². The molecular weight excluding hydrogens is 482 g/mol. The fourth-order valence-corrected chi connectivity index (χ4v) is 5.72. The molecule has 3 aromatic rings. The zero-order chi connectivity index (χ0) is 25.6. The molecule has 0 aliphatic carbocycles. The number of amides is 4. The van der Waals surface area contributed by atoms with Gasteiger partial charge in [0.1, 0.15) is 18.0 Å². The van der Waals surface area contributed by atoms with E-state index in [1.54, 1.807) is 46.1 Å². The van der Waals surface area contributed by atoms with E-state index in [1.165, 1.54) is 23.4 Å². The average Bonchev–Trinajstić information content (AvgIpc) is 3.41. The largest absolute Gasteiger partial charge is 0.508 e. The molecule has 12 heteroatoms. The molecule has 0 radical (unpaired) electrons. The van der Waals surface area contributed by atoms with Crippen LogP contribution in [-0.4, -0.2) is 87.1 Å². The zero-order valence-electron chi connectivity index (χ0n) is 19.9. The number of phenolic OH excluding ortho intramolecular Hbond substituents is 1. The van der Waals surface area contributed by atoms with Crippen LogP contribution in [0.3, 0.4) is 0 Å². The van der Waals surface area contributed by atoms with E-state index in [0.29, 0.717) is 11.7 Å². The van der Waals surface area contributed by atoms with Gasteiger partial charge in [0.25, 0.3) is 0 Å². The molecule has 0 bridgehead atoms. The number of carbonyl (C=O) groups is 3. The Morgan fingerprint density at radius 1 is 1.25 bits per heavy atom. The number of thiazole rings is 1. The maximum Gasteiger partial charge on any atom is 0.331 e. The van der Waals surface area contributed by atoms with E-state index >= 15 is 0 Å². The normalized spacial score (nSPS) is 20.2. The minimum Gasteiger partial charge on any atom is -0.508 e. The summed E-state index contributed by atoms with van der Waals surface area (Å²) in [6, 6.07) is 11.3. The lowest BCUT2D eigenvalue weighted by molar-refractivity contribution is -0.157. The Balaban J connectivity index is 1.50. The number of nitrogen functional groups attached to an aromatic ring is 1. The summed E-state index contributed by atoms with van der Waals surface area (Å²) in [6.45, 7) is 0.509. The lowest BCUT2D eigenvalue weighted by Gasteiger charge is -2.45. The summed E-state index contributed by atoms with van der Waals surface area (Å²) in [5, 5.41) is 15.8. The smallest absolute Gasteiger partial charge is 0.331 e. The van der Waals surface area contributed by atoms with Crippen molar-refractivity contribution in [1.29, 1.82) is 0 Å². The minimum atomic E-state index is -0.761. The van der Waals surface area contributed by atoms with Crippen molar-refractivity contribution >= 4 is 44.5 Å². The molecule has 0 spiro atoms. The van der Waals surface area contributed by atoms with Crippen LogP contribution in [0.15, 0.2) is 42.5 Å². The van der Waals surface area contributed by atoms with Gasteiger partial charge in [-0.25, -0.2) is 9.78 Å². The molecule has 2 fully saturated rings. The second-order valence-electron chi connectivity index (χ2n) is 8.88. The van der Waals surface area contributed by atoms with Crippen LogP contribution >= 0.6 is 11.3 Å². The summed E-state index contributed by atoms with van der Waals surface area (Å²) in [6.07, 6.45) is -0.234. The van der Waals surface area contributed by atoms with Gasteiger partial charge in [-0.3, -0.25) is 14.6 Å². The zero-order valence-corrected chi connectivity index (χ0v) is 20.7. The predicted octanol–water partition coefficient (Wildman–Crippen LogP) is 1.19. The van der Waals surface area contributed by atoms with Gasteiger partial charge in [-0.15, -0.1) is 0 Å². The molecule has 2 aliphatic rings. The number of hydrogen-bond acceptors (Lipinski definition) is 8. The van der Waals surface area contributed by atoms with Gasteiger partial charge in [0.05, 0.1) is 23.3 Å². The van der Waals surface area contributed by atoms with Crippen molar-refractivity contribution in [2.75, 3.05) is 32.9 Å². The van der Waals surface area contributed by atoms with Gasteiger partial charge in [-0.05, 0) is 29.3 Å². The lowest BCUT2D eigenvalue weighted by atomic mass is 9.99. The van der Waals surface area contributed by atoms with Crippen molar-refractivity contribution < 1.29 is 19.5 Å². The first-order valence-electron chi connectivity index (χ1n) is 11.5. The fraction of sp³-hybridized carbons (Fsp3) is 0.333. The Bertz CT molecular complexity index is 1330. The summed E-state index contributed by atoms with van der Waals surface area (Å²) >= 11 is 1.39. The summed E-state index contributed by atoms with van der Waals surface area (Å²) in [4.78, 5) is 47.2. The third kappa shape index (κ3) is 4.18. The fourth-order valence-electron chi connectivity index (χ4n) is 4.94. The molecule has 188 valence electrons. The van der Waals surface area contributed by atoms with Crippen molar-refractivity contribution in [2.45, 2.75) is 25.2 Å². The van der Waals surface area contributed by atoms with Crippen molar-refractivity contribution in [3.05, 3.63) is 53.6 Å². The summed E-state index contributed by atoms with van der Waals surface area (Å²) in [5.74, 6) is -0.279.